The van der Waals surface area contributed by atoms with Crippen LogP contribution in [0.1, 0.15) is 34.6 Å². The molecule has 0 spiro atoms. The van der Waals surface area contributed by atoms with Gasteiger partial charge in [-0.1, -0.05) is 6.92 Å². The highest BCUT2D eigenvalue weighted by Crippen LogP contribution is 2.19. The van der Waals surface area contributed by atoms with Gasteiger partial charge in [-0.2, -0.15) is 12.6 Å². The number of thiol groups is 1. The van der Waals surface area contributed by atoms with Crippen LogP contribution in [0, 0.1) is 0 Å². The van der Waals surface area contributed by atoms with Gasteiger partial charge < -0.3 is 8.85 Å². The number of rotatable bonds is 6. The van der Waals surface area contributed by atoms with E-state index >= 15 is 0 Å². The molecule has 0 N–H and O–H groups in total. The van der Waals surface area contributed by atoms with Crippen molar-refractivity contribution in [3.8, 4) is 0 Å². The van der Waals surface area contributed by atoms with Crippen molar-refractivity contribution in [2.45, 2.75) is 52.9 Å². The molecule has 0 aliphatic rings. The lowest BCUT2D eigenvalue weighted by Gasteiger charge is -2.32. The highest BCUT2D eigenvalue weighted by Gasteiger charge is 2.36. The quantitative estimate of drug-likeness (QED) is 0.550. The van der Waals surface area contributed by atoms with E-state index in [1.165, 1.54) is 0 Å². The van der Waals surface area contributed by atoms with E-state index in [1.807, 2.05) is 27.7 Å². The Morgan fingerprint density at radius 3 is 1.62 bits per heavy atom. The monoisotopic (exact) mass is 222 g/mol. The summed E-state index contributed by atoms with van der Waals surface area (Å²) < 4.78 is 11.8. The van der Waals surface area contributed by atoms with Crippen LogP contribution >= 0.6 is 12.6 Å². The van der Waals surface area contributed by atoms with Gasteiger partial charge in [-0.15, -0.1) is 0 Å². The maximum Gasteiger partial charge on any atom is 0.348 e. The zero-order chi connectivity index (χ0) is 10.5. The second kappa shape index (κ2) is 6.06. The van der Waals surface area contributed by atoms with Gasteiger partial charge in [-0.25, -0.2) is 0 Å². The van der Waals surface area contributed by atoms with Crippen molar-refractivity contribution < 1.29 is 8.85 Å². The van der Waals surface area contributed by atoms with Crippen LogP contribution in [-0.4, -0.2) is 26.1 Å². The summed E-state index contributed by atoms with van der Waals surface area (Å²) in [6, 6.07) is 0.965. The van der Waals surface area contributed by atoms with E-state index < -0.39 is 8.56 Å². The third kappa shape index (κ3) is 5.05. The maximum atomic E-state index is 5.89. The van der Waals surface area contributed by atoms with Crippen LogP contribution in [0.15, 0.2) is 0 Å². The fraction of sp³-hybridized carbons (Fsp3) is 1.00. The number of hydrogen-bond acceptors (Lipinski definition) is 3. The molecule has 80 valence electrons. The molecule has 0 rings (SSSR count). The summed E-state index contributed by atoms with van der Waals surface area (Å²) in [6.45, 7) is 10.3. The summed E-state index contributed by atoms with van der Waals surface area (Å²) in [5.74, 6) is 0. The molecule has 0 saturated carbocycles. The van der Waals surface area contributed by atoms with Gasteiger partial charge in [0.05, 0.1) is 0 Å². The normalized spacial score (nSPS) is 12.9. The van der Waals surface area contributed by atoms with Crippen LogP contribution in [0.2, 0.25) is 6.04 Å². The van der Waals surface area contributed by atoms with Crippen molar-refractivity contribution in [1.29, 1.82) is 0 Å². The second-order valence-corrected chi connectivity index (χ2v) is 8.02. The lowest BCUT2D eigenvalue weighted by atomic mass is 10.5. The Balaban J connectivity index is 4.30. The molecule has 0 unspecified atom stereocenters. The topological polar surface area (TPSA) is 18.5 Å². The summed E-state index contributed by atoms with van der Waals surface area (Å²) in [5.41, 5.74) is 0. The van der Waals surface area contributed by atoms with Crippen molar-refractivity contribution in [3.63, 3.8) is 0 Å². The highest BCUT2D eigenvalue weighted by atomic mass is 32.1. The molecule has 0 fully saturated rings. The van der Waals surface area contributed by atoms with Crippen LogP contribution in [0.4, 0.5) is 0 Å². The minimum atomic E-state index is -2.01. The molecule has 4 heteroatoms. The van der Waals surface area contributed by atoms with E-state index in [1.54, 1.807) is 0 Å². The van der Waals surface area contributed by atoms with Gasteiger partial charge in [0.1, 0.15) is 0 Å². The van der Waals surface area contributed by atoms with Crippen molar-refractivity contribution in [3.05, 3.63) is 0 Å². The van der Waals surface area contributed by atoms with E-state index in [0.717, 1.165) is 11.4 Å². The largest absolute Gasteiger partial charge is 0.391 e. The molecule has 13 heavy (non-hydrogen) atoms. The van der Waals surface area contributed by atoms with Crippen molar-refractivity contribution in [1.82, 2.24) is 0 Å². The van der Waals surface area contributed by atoms with Gasteiger partial charge in [0.25, 0.3) is 0 Å². The third-order valence-corrected chi connectivity index (χ3v) is 6.49. The molecule has 0 aromatic rings. The SMILES string of the molecule is CC[Si](CS)(OC(C)C)OC(C)C. The summed E-state index contributed by atoms with van der Waals surface area (Å²) in [6.07, 6.45) is 0.468. The molecular weight excluding hydrogens is 200 g/mol. The summed E-state index contributed by atoms with van der Waals surface area (Å²) in [7, 11) is -2.01. The molecule has 0 aliphatic carbocycles. The summed E-state index contributed by atoms with van der Waals surface area (Å²) in [5, 5.41) is 0.736. The predicted octanol–water partition coefficient (Wildman–Crippen LogP) is 2.77. The van der Waals surface area contributed by atoms with Crippen molar-refractivity contribution >= 4 is 21.2 Å². The van der Waals surface area contributed by atoms with Crippen LogP contribution < -0.4 is 0 Å². The van der Waals surface area contributed by atoms with Gasteiger partial charge in [-0.05, 0) is 33.7 Å². The average Bonchev–Trinajstić information content (AvgIpc) is 2.01. The molecule has 0 radical (unpaired) electrons. The minimum absolute atomic E-state index is 0.234. The molecule has 0 aliphatic heterocycles. The first kappa shape index (κ1) is 13.5. The Kier molecular flexibility index (Phi) is 6.29. The van der Waals surface area contributed by atoms with Gasteiger partial charge >= 0.3 is 8.56 Å². The maximum absolute atomic E-state index is 5.89. The lowest BCUT2D eigenvalue weighted by Crippen LogP contribution is -2.47. The summed E-state index contributed by atoms with van der Waals surface area (Å²) >= 11 is 4.34. The second-order valence-electron chi connectivity index (χ2n) is 3.76. The van der Waals surface area contributed by atoms with Crippen molar-refractivity contribution in [2.24, 2.45) is 0 Å². The summed E-state index contributed by atoms with van der Waals surface area (Å²) in [4.78, 5) is 0. The minimum Gasteiger partial charge on any atom is -0.391 e. The first-order valence-electron chi connectivity index (χ1n) is 4.92. The Labute approximate surface area is 88.7 Å². The van der Waals surface area contributed by atoms with E-state index in [4.69, 9.17) is 8.85 Å². The fourth-order valence-electron chi connectivity index (χ4n) is 1.24. The Morgan fingerprint density at radius 1 is 1.08 bits per heavy atom. The Morgan fingerprint density at radius 2 is 1.46 bits per heavy atom. The van der Waals surface area contributed by atoms with Crippen LogP contribution in [0.25, 0.3) is 0 Å². The molecule has 0 atom stereocenters. The zero-order valence-electron chi connectivity index (χ0n) is 9.33. The first-order valence-corrected chi connectivity index (χ1v) is 7.78. The molecular formula is C9H22O2SSi. The molecule has 2 nitrogen and oxygen atoms in total. The third-order valence-electron chi connectivity index (χ3n) is 1.68. The van der Waals surface area contributed by atoms with Crippen LogP contribution in [-0.2, 0) is 8.85 Å². The van der Waals surface area contributed by atoms with E-state index in [-0.39, 0.29) is 12.2 Å². The van der Waals surface area contributed by atoms with E-state index in [9.17, 15) is 0 Å². The average molecular weight is 222 g/mol. The van der Waals surface area contributed by atoms with Gasteiger partial charge in [0.15, 0.2) is 0 Å². The van der Waals surface area contributed by atoms with E-state index in [2.05, 4.69) is 19.6 Å². The van der Waals surface area contributed by atoms with E-state index in [0.29, 0.717) is 0 Å². The Bertz CT molecular complexity index is 124. The molecule has 0 saturated heterocycles. The van der Waals surface area contributed by atoms with Gasteiger partial charge in [-0.3, -0.25) is 0 Å². The zero-order valence-corrected chi connectivity index (χ0v) is 11.2. The fourth-order valence-corrected chi connectivity index (χ4v) is 4.84. The van der Waals surface area contributed by atoms with Gasteiger partial charge in [0, 0.05) is 17.6 Å². The highest BCUT2D eigenvalue weighted by molar-refractivity contribution is 7.82. The number of hydrogen-bond donors (Lipinski definition) is 1. The van der Waals surface area contributed by atoms with Crippen LogP contribution in [0.5, 0.6) is 0 Å². The molecule has 0 bridgehead atoms. The molecule has 0 amide bonds. The smallest absolute Gasteiger partial charge is 0.348 e. The molecule has 0 aromatic carbocycles. The molecule has 0 aromatic heterocycles. The predicted molar refractivity (Wildman–Crippen MR) is 62.5 cm³/mol. The lowest BCUT2D eigenvalue weighted by molar-refractivity contribution is 0.109. The van der Waals surface area contributed by atoms with Crippen molar-refractivity contribution in [2.75, 3.05) is 5.38 Å². The van der Waals surface area contributed by atoms with Crippen LogP contribution in [0.3, 0.4) is 0 Å². The Hall–Kier alpha value is 0.487. The van der Waals surface area contributed by atoms with Gasteiger partial charge in [0.2, 0.25) is 0 Å². The standard InChI is InChI=1S/C9H22O2SSi/c1-6-13(7-12,10-8(2)3)11-9(4)5/h8-9,12H,6-7H2,1-5H3. The molecule has 0 heterocycles. The first-order chi connectivity index (χ1) is 5.95.